The van der Waals surface area contributed by atoms with Crippen LogP contribution in [0.25, 0.3) is 11.0 Å². The average Bonchev–Trinajstić information content (AvgIpc) is 3.30. The van der Waals surface area contributed by atoms with Crippen LogP contribution in [-0.2, 0) is 19.1 Å². The molecule has 1 N–H and O–H groups in total. The molecule has 35 heavy (non-hydrogen) atoms. The van der Waals surface area contributed by atoms with Gasteiger partial charge in [0, 0.05) is 35.6 Å². The third-order valence-electron chi connectivity index (χ3n) is 7.15. The molecule has 3 heterocycles. The highest BCUT2D eigenvalue weighted by atomic mass is 16.6. The molecule has 1 saturated heterocycles. The lowest BCUT2D eigenvalue weighted by Crippen LogP contribution is -2.40. The molecule has 0 amide bonds. The lowest BCUT2D eigenvalue weighted by Gasteiger charge is -2.39. The van der Waals surface area contributed by atoms with E-state index in [2.05, 4.69) is 5.32 Å². The summed E-state index contributed by atoms with van der Waals surface area (Å²) in [6, 6.07) is 5.41. The number of hydrogen-bond donors (Lipinski definition) is 1. The second kappa shape index (κ2) is 8.79. The van der Waals surface area contributed by atoms with Crippen LogP contribution in [0.1, 0.15) is 63.5 Å². The number of Topliss-reactive ketones (excluding diaryl/α,β-unsaturated/α-hetero) is 1. The summed E-state index contributed by atoms with van der Waals surface area (Å²) in [7, 11) is 0. The van der Waals surface area contributed by atoms with Crippen molar-refractivity contribution in [3.63, 3.8) is 0 Å². The van der Waals surface area contributed by atoms with Crippen LogP contribution in [0.5, 0.6) is 0 Å². The fourth-order valence-corrected chi connectivity index (χ4v) is 5.50. The Kier molecular flexibility index (Phi) is 5.91. The number of fused-ring (bicyclic) bond motifs is 1. The van der Waals surface area contributed by atoms with Gasteiger partial charge in [-0.1, -0.05) is 25.5 Å². The third-order valence-corrected chi connectivity index (χ3v) is 7.15. The molecule has 1 fully saturated rings. The Bertz CT molecular complexity index is 1340. The third kappa shape index (κ3) is 4.33. The number of dihydropyridines is 1. The Hall–Kier alpha value is -3.19. The largest absolute Gasteiger partial charge is 0.464 e. The predicted octanol–water partition coefficient (Wildman–Crippen LogP) is 4.43. The molecular formula is C28H31NO6. The van der Waals surface area contributed by atoms with Crippen molar-refractivity contribution in [2.45, 2.75) is 65.4 Å². The minimum Gasteiger partial charge on any atom is -0.464 e. The van der Waals surface area contributed by atoms with Crippen molar-refractivity contribution in [1.29, 1.82) is 0 Å². The topological polar surface area (TPSA) is 94.8 Å². The molecule has 184 valence electrons. The van der Waals surface area contributed by atoms with Crippen LogP contribution in [0.15, 0.2) is 56.2 Å². The summed E-state index contributed by atoms with van der Waals surface area (Å²) >= 11 is 0. The molecule has 1 aromatic carbocycles. The van der Waals surface area contributed by atoms with Gasteiger partial charge in [0.1, 0.15) is 12.2 Å². The van der Waals surface area contributed by atoms with Gasteiger partial charge in [0.2, 0.25) is 0 Å². The van der Waals surface area contributed by atoms with Crippen LogP contribution in [0, 0.1) is 12.3 Å². The van der Waals surface area contributed by atoms with Gasteiger partial charge >= 0.3 is 5.97 Å². The number of nitrogens with one attached hydrogen (secondary N) is 1. The van der Waals surface area contributed by atoms with Gasteiger partial charge in [0.15, 0.2) is 11.2 Å². The lowest BCUT2D eigenvalue weighted by molar-refractivity contribution is -0.142. The second-order valence-corrected chi connectivity index (χ2v) is 10.7. The van der Waals surface area contributed by atoms with Gasteiger partial charge in [-0.3, -0.25) is 9.59 Å². The summed E-state index contributed by atoms with van der Waals surface area (Å²) in [6.45, 7) is 8.58. The summed E-state index contributed by atoms with van der Waals surface area (Å²) in [6.07, 6.45) is 4.01. The number of aryl methyl sites for hydroxylation is 1. The fourth-order valence-electron chi connectivity index (χ4n) is 5.50. The average molecular weight is 478 g/mol. The molecule has 0 bridgehead atoms. The van der Waals surface area contributed by atoms with Crippen molar-refractivity contribution < 1.29 is 23.5 Å². The first kappa shape index (κ1) is 23.5. The number of ketones is 1. The van der Waals surface area contributed by atoms with Crippen molar-refractivity contribution in [3.8, 4) is 0 Å². The molecule has 3 aliphatic rings. The minimum atomic E-state index is -0.854. The Morgan fingerprint density at radius 1 is 1.20 bits per heavy atom. The Morgan fingerprint density at radius 2 is 2.00 bits per heavy atom. The number of carbonyl (C=O) groups is 2. The highest BCUT2D eigenvalue weighted by molar-refractivity contribution is 6.04. The Labute approximate surface area is 204 Å². The SMILES string of the molecule is CC1=C(C(=O)OCC2CCCO2)C(c2coc3ccc(C)cc3c2=O)C2=C(CC(C)(C)CC2=O)N1. The molecule has 2 atom stereocenters. The molecular weight excluding hydrogens is 446 g/mol. The first-order chi connectivity index (χ1) is 16.6. The highest BCUT2D eigenvalue weighted by Gasteiger charge is 2.44. The molecule has 0 saturated carbocycles. The number of hydrogen-bond acceptors (Lipinski definition) is 7. The van der Waals surface area contributed by atoms with E-state index in [9.17, 15) is 14.4 Å². The van der Waals surface area contributed by atoms with Crippen LogP contribution < -0.4 is 10.7 Å². The first-order valence-corrected chi connectivity index (χ1v) is 12.2. The second-order valence-electron chi connectivity index (χ2n) is 10.7. The molecule has 2 aromatic rings. The zero-order valence-corrected chi connectivity index (χ0v) is 20.7. The van der Waals surface area contributed by atoms with Crippen molar-refractivity contribution in [2.75, 3.05) is 13.2 Å². The van der Waals surface area contributed by atoms with Gasteiger partial charge in [-0.2, -0.15) is 0 Å². The van der Waals surface area contributed by atoms with Crippen molar-refractivity contribution in [3.05, 3.63) is 68.4 Å². The summed E-state index contributed by atoms with van der Waals surface area (Å²) in [4.78, 5) is 40.6. The highest BCUT2D eigenvalue weighted by Crippen LogP contribution is 2.46. The minimum absolute atomic E-state index is 0.0746. The number of allylic oxidation sites excluding steroid dienone is 3. The van der Waals surface area contributed by atoms with Crippen LogP contribution in [0.2, 0.25) is 0 Å². The van der Waals surface area contributed by atoms with Crippen LogP contribution in [0.3, 0.4) is 0 Å². The maximum absolute atomic E-state index is 13.7. The molecule has 1 aliphatic carbocycles. The summed E-state index contributed by atoms with van der Waals surface area (Å²) in [5, 5.41) is 3.73. The van der Waals surface area contributed by atoms with Crippen LogP contribution in [0.4, 0.5) is 0 Å². The van der Waals surface area contributed by atoms with E-state index in [1.165, 1.54) is 6.26 Å². The van der Waals surface area contributed by atoms with E-state index in [0.717, 1.165) is 24.1 Å². The maximum Gasteiger partial charge on any atom is 0.336 e. The lowest BCUT2D eigenvalue weighted by atomic mass is 9.68. The standard InChI is InChI=1S/C28H31NO6/c1-15-7-8-22-18(10-15)26(31)19(14-34-22)24-23(27(32)35-13-17-6-5-9-33-17)16(2)29-20-11-28(3,4)12-21(30)25(20)24/h7-8,10,14,17,24,29H,5-6,9,11-13H2,1-4H3. The van der Waals surface area contributed by atoms with E-state index in [-0.39, 0.29) is 40.5 Å². The number of ether oxygens (including phenoxy) is 2. The van der Waals surface area contributed by atoms with Crippen molar-refractivity contribution in [2.24, 2.45) is 5.41 Å². The van der Waals surface area contributed by atoms with Gasteiger partial charge in [0.05, 0.1) is 29.2 Å². The van der Waals surface area contributed by atoms with Crippen molar-refractivity contribution >= 4 is 22.7 Å². The summed E-state index contributed by atoms with van der Waals surface area (Å²) in [5.41, 5.74) is 3.26. The number of esters is 1. The van der Waals surface area contributed by atoms with E-state index < -0.39 is 11.9 Å². The van der Waals surface area contributed by atoms with Gasteiger partial charge in [0.25, 0.3) is 0 Å². The predicted molar refractivity (Wildman–Crippen MR) is 131 cm³/mol. The molecule has 2 aliphatic heterocycles. The summed E-state index contributed by atoms with van der Waals surface area (Å²) < 4.78 is 17.1. The van der Waals surface area contributed by atoms with E-state index in [1.54, 1.807) is 19.1 Å². The number of rotatable bonds is 4. The first-order valence-electron chi connectivity index (χ1n) is 12.2. The van der Waals surface area contributed by atoms with E-state index >= 15 is 0 Å². The smallest absolute Gasteiger partial charge is 0.336 e. The van der Waals surface area contributed by atoms with Gasteiger partial charge in [-0.05, 0) is 50.7 Å². The molecule has 7 nitrogen and oxygen atoms in total. The van der Waals surface area contributed by atoms with Crippen LogP contribution >= 0.6 is 0 Å². The quantitative estimate of drug-likeness (QED) is 0.651. The fraction of sp³-hybridized carbons (Fsp3) is 0.464. The zero-order chi connectivity index (χ0) is 24.9. The van der Waals surface area contributed by atoms with Gasteiger partial charge < -0.3 is 19.2 Å². The normalized spacial score (nSPS) is 23.9. The monoisotopic (exact) mass is 477 g/mol. The molecule has 1 aromatic heterocycles. The maximum atomic E-state index is 13.7. The summed E-state index contributed by atoms with van der Waals surface area (Å²) in [5.74, 6) is -1.48. The molecule has 2 unspecified atom stereocenters. The molecule has 5 rings (SSSR count). The van der Waals surface area contributed by atoms with Crippen LogP contribution in [-0.4, -0.2) is 31.1 Å². The van der Waals surface area contributed by atoms with E-state index in [1.807, 2.05) is 26.8 Å². The van der Waals surface area contributed by atoms with E-state index in [4.69, 9.17) is 13.9 Å². The number of carbonyl (C=O) groups excluding carboxylic acids is 2. The molecule has 7 heteroatoms. The zero-order valence-electron chi connectivity index (χ0n) is 20.7. The Morgan fingerprint density at radius 3 is 2.74 bits per heavy atom. The van der Waals surface area contributed by atoms with Gasteiger partial charge in [-0.25, -0.2) is 4.79 Å². The molecule has 0 radical (unpaired) electrons. The molecule has 0 spiro atoms. The van der Waals surface area contributed by atoms with E-state index in [0.29, 0.717) is 41.7 Å². The van der Waals surface area contributed by atoms with Crippen molar-refractivity contribution in [1.82, 2.24) is 5.32 Å². The number of benzene rings is 1. The Balaban J connectivity index is 1.63. The van der Waals surface area contributed by atoms with Gasteiger partial charge in [-0.15, -0.1) is 0 Å².